The summed E-state index contributed by atoms with van der Waals surface area (Å²) in [4.78, 5) is 11.3. The molecule has 4 heteroatoms. The zero-order valence-corrected chi connectivity index (χ0v) is 8.61. The fraction of sp³-hybridized carbons (Fsp3) is 0.875. The molecule has 0 heterocycles. The molecule has 0 aliphatic carbocycles. The molecule has 0 bridgehead atoms. The first-order valence-electron chi connectivity index (χ1n) is 3.81. The van der Waals surface area contributed by atoms with E-state index in [4.69, 9.17) is 9.84 Å². The summed E-state index contributed by atoms with van der Waals surface area (Å²) in [6, 6.07) is 0. The van der Waals surface area contributed by atoms with Gasteiger partial charge in [-0.05, 0) is 13.8 Å². The second-order valence-electron chi connectivity index (χ2n) is 3.17. The van der Waals surface area contributed by atoms with Crippen molar-refractivity contribution >= 4 is 16.9 Å². The Morgan fingerprint density at radius 3 is 2.58 bits per heavy atom. The molecule has 0 rings (SSSR count). The Labute approximate surface area is 77.5 Å². The highest BCUT2D eigenvalue weighted by atomic mass is 32.2. The van der Waals surface area contributed by atoms with Gasteiger partial charge in [-0.3, -0.25) is 4.79 Å². The summed E-state index contributed by atoms with van der Waals surface area (Å²) < 4.78 is 4.80. The van der Waals surface area contributed by atoms with E-state index in [0.29, 0.717) is 12.4 Å². The fourth-order valence-corrected chi connectivity index (χ4v) is 1.37. The van der Waals surface area contributed by atoms with Gasteiger partial charge in [-0.1, -0.05) is 11.8 Å². The van der Waals surface area contributed by atoms with Crippen molar-refractivity contribution < 1.29 is 14.6 Å². The van der Waals surface area contributed by atoms with Gasteiger partial charge in [0.2, 0.25) is 0 Å². The first kappa shape index (κ1) is 11.9. The van der Waals surface area contributed by atoms with Crippen LogP contribution < -0.4 is 0 Å². The maximum absolute atomic E-state index is 11.3. The Bertz CT molecular complexity index is 145. The minimum Gasteiger partial charge on any atom is -0.395 e. The summed E-state index contributed by atoms with van der Waals surface area (Å²) in [5.74, 6) is 0.652. The third-order valence-electron chi connectivity index (χ3n) is 1.47. The molecule has 0 aromatic carbocycles. The van der Waals surface area contributed by atoms with Crippen LogP contribution in [0.5, 0.6) is 0 Å². The second kappa shape index (κ2) is 5.56. The Kier molecular flexibility index (Phi) is 5.53. The Morgan fingerprint density at radius 2 is 2.17 bits per heavy atom. The minimum atomic E-state index is -0.627. The Morgan fingerprint density at radius 1 is 1.58 bits per heavy atom. The van der Waals surface area contributed by atoms with Crippen LogP contribution in [0.15, 0.2) is 0 Å². The molecule has 0 aromatic heterocycles. The quantitative estimate of drug-likeness (QED) is 0.658. The van der Waals surface area contributed by atoms with Crippen LogP contribution in [0.1, 0.15) is 13.8 Å². The van der Waals surface area contributed by atoms with E-state index in [2.05, 4.69) is 0 Å². The third-order valence-corrected chi connectivity index (χ3v) is 2.65. The first-order chi connectivity index (χ1) is 5.54. The molecule has 0 unspecified atom stereocenters. The standard InChI is InChI=1S/C8H16O3S/c1-8(2,6-9)7(10)12-5-4-11-3/h9H,4-6H2,1-3H3. The number of methoxy groups -OCH3 is 1. The van der Waals surface area contributed by atoms with E-state index in [-0.39, 0.29) is 11.7 Å². The highest BCUT2D eigenvalue weighted by Gasteiger charge is 2.26. The van der Waals surface area contributed by atoms with Gasteiger partial charge in [0.1, 0.15) is 0 Å². The van der Waals surface area contributed by atoms with Crippen molar-refractivity contribution in [1.82, 2.24) is 0 Å². The largest absolute Gasteiger partial charge is 0.395 e. The topological polar surface area (TPSA) is 46.5 Å². The molecule has 0 fully saturated rings. The van der Waals surface area contributed by atoms with Crippen LogP contribution in [-0.2, 0) is 9.53 Å². The van der Waals surface area contributed by atoms with Crippen molar-refractivity contribution in [3.8, 4) is 0 Å². The van der Waals surface area contributed by atoms with Crippen molar-refractivity contribution in [1.29, 1.82) is 0 Å². The number of ether oxygens (including phenoxy) is 1. The molecular weight excluding hydrogens is 176 g/mol. The predicted molar refractivity (Wildman–Crippen MR) is 50.2 cm³/mol. The molecule has 0 aliphatic heterocycles. The molecule has 3 nitrogen and oxygen atoms in total. The number of hydrogen-bond donors (Lipinski definition) is 1. The molecule has 0 amide bonds. The van der Waals surface area contributed by atoms with Gasteiger partial charge in [-0.2, -0.15) is 0 Å². The van der Waals surface area contributed by atoms with Gasteiger partial charge >= 0.3 is 0 Å². The zero-order chi connectivity index (χ0) is 9.61. The van der Waals surface area contributed by atoms with Gasteiger partial charge in [-0.15, -0.1) is 0 Å². The molecule has 0 radical (unpaired) electrons. The van der Waals surface area contributed by atoms with Crippen LogP contribution in [0.2, 0.25) is 0 Å². The summed E-state index contributed by atoms with van der Waals surface area (Å²) in [6.07, 6.45) is 0. The van der Waals surface area contributed by atoms with Crippen molar-refractivity contribution in [2.45, 2.75) is 13.8 Å². The number of carbonyl (C=O) groups excluding carboxylic acids is 1. The van der Waals surface area contributed by atoms with Crippen LogP contribution >= 0.6 is 11.8 Å². The van der Waals surface area contributed by atoms with E-state index in [1.807, 2.05) is 0 Å². The zero-order valence-electron chi connectivity index (χ0n) is 7.79. The van der Waals surface area contributed by atoms with Gasteiger partial charge in [-0.25, -0.2) is 0 Å². The van der Waals surface area contributed by atoms with Crippen LogP contribution in [-0.4, -0.2) is 36.3 Å². The molecule has 0 atom stereocenters. The molecular formula is C8H16O3S. The van der Waals surface area contributed by atoms with Gasteiger partial charge < -0.3 is 9.84 Å². The van der Waals surface area contributed by atoms with E-state index in [1.165, 1.54) is 11.8 Å². The van der Waals surface area contributed by atoms with Gasteiger partial charge in [0.25, 0.3) is 0 Å². The van der Waals surface area contributed by atoms with E-state index in [0.717, 1.165) is 0 Å². The Balaban J connectivity index is 3.72. The van der Waals surface area contributed by atoms with E-state index >= 15 is 0 Å². The lowest BCUT2D eigenvalue weighted by Gasteiger charge is -2.18. The van der Waals surface area contributed by atoms with Crippen molar-refractivity contribution in [3.63, 3.8) is 0 Å². The summed E-state index contributed by atoms with van der Waals surface area (Å²) >= 11 is 1.21. The second-order valence-corrected chi connectivity index (χ2v) is 4.24. The summed E-state index contributed by atoms with van der Waals surface area (Å²) in [5.41, 5.74) is -0.627. The number of hydrogen-bond acceptors (Lipinski definition) is 4. The van der Waals surface area contributed by atoms with Crippen LogP contribution in [0.25, 0.3) is 0 Å². The molecule has 0 saturated carbocycles. The number of aliphatic hydroxyl groups excluding tert-OH is 1. The maximum Gasteiger partial charge on any atom is 0.196 e. The van der Waals surface area contributed by atoms with Crippen LogP contribution in [0.3, 0.4) is 0 Å². The highest BCUT2D eigenvalue weighted by Crippen LogP contribution is 2.22. The molecule has 0 aromatic rings. The molecule has 0 spiro atoms. The smallest absolute Gasteiger partial charge is 0.196 e. The van der Waals surface area contributed by atoms with Gasteiger partial charge in [0, 0.05) is 12.9 Å². The lowest BCUT2D eigenvalue weighted by molar-refractivity contribution is -0.119. The fourth-order valence-electron chi connectivity index (χ4n) is 0.478. The van der Waals surface area contributed by atoms with Crippen LogP contribution in [0, 0.1) is 5.41 Å². The maximum atomic E-state index is 11.3. The first-order valence-corrected chi connectivity index (χ1v) is 4.80. The molecule has 0 saturated heterocycles. The SMILES string of the molecule is COCCSC(=O)C(C)(C)CO. The van der Waals surface area contributed by atoms with Gasteiger partial charge in [0.15, 0.2) is 5.12 Å². The third kappa shape index (κ3) is 4.09. The lowest BCUT2D eigenvalue weighted by Crippen LogP contribution is -2.26. The van der Waals surface area contributed by atoms with Crippen LogP contribution in [0.4, 0.5) is 0 Å². The highest BCUT2D eigenvalue weighted by molar-refractivity contribution is 8.13. The lowest BCUT2D eigenvalue weighted by atomic mass is 9.97. The molecule has 0 aliphatic rings. The summed E-state index contributed by atoms with van der Waals surface area (Å²) in [7, 11) is 1.60. The Hall–Kier alpha value is -0.0600. The predicted octanol–water partition coefficient (Wildman–Crippen LogP) is 0.911. The van der Waals surface area contributed by atoms with E-state index in [9.17, 15) is 4.79 Å². The molecule has 72 valence electrons. The van der Waals surface area contributed by atoms with Crippen molar-refractivity contribution in [2.75, 3.05) is 26.1 Å². The molecule has 1 N–H and O–H groups in total. The minimum absolute atomic E-state index is 0.0158. The summed E-state index contributed by atoms with van der Waals surface area (Å²) in [6.45, 7) is 3.92. The average Bonchev–Trinajstić information content (AvgIpc) is 2.05. The van der Waals surface area contributed by atoms with E-state index < -0.39 is 5.41 Å². The van der Waals surface area contributed by atoms with Crippen molar-refractivity contribution in [3.05, 3.63) is 0 Å². The molecule has 12 heavy (non-hydrogen) atoms. The number of aliphatic hydroxyl groups is 1. The monoisotopic (exact) mass is 192 g/mol. The number of carbonyl (C=O) groups is 1. The number of thioether (sulfide) groups is 1. The number of rotatable bonds is 5. The average molecular weight is 192 g/mol. The van der Waals surface area contributed by atoms with E-state index in [1.54, 1.807) is 21.0 Å². The normalized spacial score (nSPS) is 11.7. The van der Waals surface area contributed by atoms with Gasteiger partial charge in [0.05, 0.1) is 18.6 Å². The summed E-state index contributed by atoms with van der Waals surface area (Å²) in [5, 5.41) is 8.87. The van der Waals surface area contributed by atoms with Crippen molar-refractivity contribution in [2.24, 2.45) is 5.41 Å².